The Hall–Kier alpha value is -0.610. The molecule has 1 atom stereocenters. The van der Waals surface area contributed by atoms with Crippen LogP contribution in [-0.4, -0.2) is 53.5 Å². The Labute approximate surface area is 103 Å². The van der Waals surface area contributed by atoms with Gasteiger partial charge in [-0.05, 0) is 38.6 Å². The molecule has 3 rings (SSSR count). The average Bonchev–Trinajstić information content (AvgIpc) is 2.73. The molecule has 2 aliphatic heterocycles. The van der Waals surface area contributed by atoms with Gasteiger partial charge in [-0.25, -0.2) is 0 Å². The zero-order valence-corrected chi connectivity index (χ0v) is 10.5. The molecule has 0 spiro atoms. The summed E-state index contributed by atoms with van der Waals surface area (Å²) < 4.78 is 0. The molecule has 0 aromatic carbocycles. The number of nitrogens with two attached hydrogens (primary N) is 1. The van der Waals surface area contributed by atoms with Gasteiger partial charge in [0.15, 0.2) is 0 Å². The van der Waals surface area contributed by atoms with Crippen molar-refractivity contribution in [1.29, 1.82) is 0 Å². The Morgan fingerprint density at radius 3 is 2.76 bits per heavy atom. The second kappa shape index (κ2) is 4.25. The van der Waals surface area contributed by atoms with Crippen LogP contribution in [0.3, 0.4) is 0 Å². The lowest BCUT2D eigenvalue weighted by Crippen LogP contribution is -2.55. The van der Waals surface area contributed by atoms with Crippen LogP contribution in [-0.2, 0) is 4.79 Å². The van der Waals surface area contributed by atoms with Gasteiger partial charge in [-0.1, -0.05) is 0 Å². The predicted molar refractivity (Wildman–Crippen MR) is 66.6 cm³/mol. The Morgan fingerprint density at radius 1 is 1.24 bits per heavy atom. The number of rotatable bonds is 2. The van der Waals surface area contributed by atoms with Crippen molar-refractivity contribution in [2.24, 2.45) is 5.73 Å². The van der Waals surface area contributed by atoms with E-state index in [9.17, 15) is 4.79 Å². The van der Waals surface area contributed by atoms with Crippen molar-refractivity contribution in [3.63, 3.8) is 0 Å². The van der Waals surface area contributed by atoms with Gasteiger partial charge in [0.1, 0.15) is 0 Å². The fourth-order valence-corrected chi connectivity index (χ4v) is 3.44. The van der Waals surface area contributed by atoms with Crippen LogP contribution in [0.4, 0.5) is 0 Å². The van der Waals surface area contributed by atoms with E-state index in [1.807, 2.05) is 0 Å². The topological polar surface area (TPSA) is 49.6 Å². The van der Waals surface area contributed by atoms with E-state index < -0.39 is 0 Å². The van der Waals surface area contributed by atoms with Gasteiger partial charge in [-0.3, -0.25) is 9.69 Å². The smallest absolute Gasteiger partial charge is 0.224 e. The molecule has 2 N–H and O–H groups in total. The highest BCUT2D eigenvalue weighted by Crippen LogP contribution is 2.33. The van der Waals surface area contributed by atoms with Crippen LogP contribution in [0.1, 0.15) is 38.5 Å². The SMILES string of the molecule is NC1(CC(=O)N2CCN3CCCC3C2)CCC1. The maximum atomic E-state index is 12.2. The van der Waals surface area contributed by atoms with Gasteiger partial charge in [0.05, 0.1) is 0 Å². The molecule has 0 radical (unpaired) electrons. The first kappa shape index (κ1) is 11.5. The van der Waals surface area contributed by atoms with E-state index in [1.165, 1.54) is 25.8 Å². The van der Waals surface area contributed by atoms with Gasteiger partial charge in [0.25, 0.3) is 0 Å². The van der Waals surface area contributed by atoms with Crippen LogP contribution in [0.2, 0.25) is 0 Å². The van der Waals surface area contributed by atoms with Crippen molar-refractivity contribution < 1.29 is 4.79 Å². The number of nitrogens with zero attached hydrogens (tertiary/aromatic N) is 2. The third kappa shape index (κ3) is 2.20. The summed E-state index contributed by atoms with van der Waals surface area (Å²) in [6, 6.07) is 0.628. The first-order chi connectivity index (χ1) is 8.16. The van der Waals surface area contributed by atoms with Crippen LogP contribution in [0.15, 0.2) is 0 Å². The average molecular weight is 237 g/mol. The highest BCUT2D eigenvalue weighted by atomic mass is 16.2. The lowest BCUT2D eigenvalue weighted by molar-refractivity contribution is -0.135. The van der Waals surface area contributed by atoms with Crippen molar-refractivity contribution in [3.8, 4) is 0 Å². The zero-order chi connectivity index (χ0) is 11.9. The molecule has 1 unspecified atom stereocenters. The fourth-order valence-electron chi connectivity index (χ4n) is 3.44. The van der Waals surface area contributed by atoms with E-state index in [1.54, 1.807) is 0 Å². The Morgan fingerprint density at radius 2 is 2.06 bits per heavy atom. The number of amides is 1. The summed E-state index contributed by atoms with van der Waals surface area (Å²) in [6.07, 6.45) is 6.38. The zero-order valence-electron chi connectivity index (χ0n) is 10.5. The molecule has 4 heteroatoms. The normalized spacial score (nSPS) is 32.1. The second-order valence-electron chi connectivity index (χ2n) is 6.06. The summed E-state index contributed by atoms with van der Waals surface area (Å²) in [5, 5.41) is 0. The molecule has 96 valence electrons. The Balaban J connectivity index is 1.55. The summed E-state index contributed by atoms with van der Waals surface area (Å²) in [5.41, 5.74) is 6.00. The highest BCUT2D eigenvalue weighted by Gasteiger charge is 2.38. The van der Waals surface area contributed by atoms with Crippen LogP contribution < -0.4 is 5.73 Å². The largest absolute Gasteiger partial charge is 0.340 e. The van der Waals surface area contributed by atoms with Crippen molar-refractivity contribution in [2.75, 3.05) is 26.2 Å². The molecule has 17 heavy (non-hydrogen) atoms. The molecule has 2 heterocycles. The first-order valence-corrected chi connectivity index (χ1v) is 6.97. The lowest BCUT2D eigenvalue weighted by Gasteiger charge is -2.42. The van der Waals surface area contributed by atoms with Crippen molar-refractivity contribution in [2.45, 2.75) is 50.1 Å². The summed E-state index contributed by atoms with van der Waals surface area (Å²) >= 11 is 0. The van der Waals surface area contributed by atoms with Crippen LogP contribution in [0.25, 0.3) is 0 Å². The minimum absolute atomic E-state index is 0.163. The van der Waals surface area contributed by atoms with Crippen molar-refractivity contribution in [1.82, 2.24) is 9.80 Å². The van der Waals surface area contributed by atoms with Crippen LogP contribution in [0.5, 0.6) is 0 Å². The van der Waals surface area contributed by atoms with E-state index in [0.717, 1.165) is 32.5 Å². The Bertz CT molecular complexity index is 314. The standard InChI is InChI=1S/C13H23N3O/c14-13(4-2-5-13)9-12(17)16-8-7-15-6-1-3-11(15)10-16/h11H,1-10,14H2. The van der Waals surface area contributed by atoms with E-state index in [2.05, 4.69) is 9.80 Å². The van der Waals surface area contributed by atoms with Gasteiger partial charge in [-0.15, -0.1) is 0 Å². The quantitative estimate of drug-likeness (QED) is 0.763. The summed E-state index contributed by atoms with van der Waals surface area (Å²) in [6.45, 7) is 4.14. The molecule has 3 aliphatic rings. The summed E-state index contributed by atoms with van der Waals surface area (Å²) in [7, 11) is 0. The van der Waals surface area contributed by atoms with Crippen LogP contribution >= 0.6 is 0 Å². The van der Waals surface area contributed by atoms with Gasteiger partial charge >= 0.3 is 0 Å². The summed E-state index contributed by atoms with van der Waals surface area (Å²) in [4.78, 5) is 16.8. The number of carbonyl (C=O) groups is 1. The van der Waals surface area contributed by atoms with Crippen molar-refractivity contribution in [3.05, 3.63) is 0 Å². The molecule has 4 nitrogen and oxygen atoms in total. The first-order valence-electron chi connectivity index (χ1n) is 6.97. The number of piperazine rings is 1. The molecule has 2 saturated heterocycles. The maximum absolute atomic E-state index is 12.2. The van der Waals surface area contributed by atoms with Gasteiger partial charge in [0.2, 0.25) is 5.91 Å². The minimum atomic E-state index is -0.163. The lowest BCUT2D eigenvalue weighted by atomic mass is 9.75. The molecule has 1 aliphatic carbocycles. The minimum Gasteiger partial charge on any atom is -0.340 e. The molecular formula is C13H23N3O. The predicted octanol–water partition coefficient (Wildman–Crippen LogP) is 0.564. The third-order valence-corrected chi connectivity index (χ3v) is 4.79. The Kier molecular flexibility index (Phi) is 2.87. The monoisotopic (exact) mass is 237 g/mol. The van der Waals surface area contributed by atoms with Crippen LogP contribution in [0, 0.1) is 0 Å². The van der Waals surface area contributed by atoms with Gasteiger partial charge < -0.3 is 10.6 Å². The third-order valence-electron chi connectivity index (χ3n) is 4.79. The number of fused-ring (bicyclic) bond motifs is 1. The second-order valence-corrected chi connectivity index (χ2v) is 6.06. The van der Waals surface area contributed by atoms with Gasteiger partial charge in [-0.2, -0.15) is 0 Å². The van der Waals surface area contributed by atoms with E-state index in [0.29, 0.717) is 18.4 Å². The fraction of sp³-hybridized carbons (Fsp3) is 0.923. The van der Waals surface area contributed by atoms with E-state index >= 15 is 0 Å². The number of carbonyl (C=O) groups excluding carboxylic acids is 1. The van der Waals surface area contributed by atoms with E-state index in [4.69, 9.17) is 5.73 Å². The summed E-state index contributed by atoms with van der Waals surface area (Å²) in [5.74, 6) is 0.291. The number of hydrogen-bond donors (Lipinski definition) is 1. The molecule has 1 amide bonds. The molecule has 3 fully saturated rings. The molecule has 0 aromatic rings. The van der Waals surface area contributed by atoms with Crippen molar-refractivity contribution >= 4 is 5.91 Å². The maximum Gasteiger partial charge on any atom is 0.224 e. The molecule has 1 saturated carbocycles. The molecule has 0 aromatic heterocycles. The number of hydrogen-bond acceptors (Lipinski definition) is 3. The van der Waals surface area contributed by atoms with E-state index in [-0.39, 0.29) is 5.54 Å². The molecule has 0 bridgehead atoms. The highest BCUT2D eigenvalue weighted by molar-refractivity contribution is 5.77. The van der Waals surface area contributed by atoms with Gasteiger partial charge in [0, 0.05) is 37.6 Å². The molecular weight excluding hydrogens is 214 g/mol.